The van der Waals surface area contributed by atoms with Crippen molar-refractivity contribution in [2.24, 2.45) is 0 Å². The van der Waals surface area contributed by atoms with Gasteiger partial charge in [-0.25, -0.2) is 8.42 Å². The van der Waals surface area contributed by atoms with E-state index in [1.54, 1.807) is 48.5 Å². The first-order chi connectivity index (χ1) is 16.8. The van der Waals surface area contributed by atoms with Crippen LogP contribution in [0.4, 0.5) is 5.69 Å². The zero-order valence-electron chi connectivity index (χ0n) is 19.8. The third-order valence-electron chi connectivity index (χ3n) is 5.64. The Morgan fingerprint density at radius 3 is 2.23 bits per heavy atom. The molecule has 0 aliphatic carbocycles. The lowest BCUT2D eigenvalue weighted by Gasteiger charge is -2.24. The monoisotopic (exact) mass is 488 g/mol. The van der Waals surface area contributed by atoms with Gasteiger partial charge >= 0.3 is 0 Å². The number of nitrogens with zero attached hydrogens (tertiary/aromatic N) is 1. The maximum Gasteiger partial charge on any atom is 0.251 e. The van der Waals surface area contributed by atoms with Crippen LogP contribution in [0.1, 0.15) is 28.4 Å². The number of fused-ring (bicyclic) bond motifs is 1. The lowest BCUT2D eigenvalue weighted by atomic mass is 10.1. The Bertz CT molecular complexity index is 1430. The number of hydrogen-bond acceptors (Lipinski definition) is 4. The molecule has 4 rings (SSSR count). The Kier molecular flexibility index (Phi) is 7.36. The molecule has 0 heterocycles. The smallest absolute Gasteiger partial charge is 0.251 e. The van der Waals surface area contributed by atoms with Crippen molar-refractivity contribution in [3.8, 4) is 5.75 Å². The fourth-order valence-corrected chi connectivity index (χ4v) is 4.77. The molecule has 0 atom stereocenters. The molecule has 0 unspecified atom stereocenters. The van der Waals surface area contributed by atoms with Crippen LogP contribution in [-0.2, 0) is 23.1 Å². The number of para-hydroxylation sites is 2. The van der Waals surface area contributed by atoms with Gasteiger partial charge in [-0.1, -0.05) is 60.7 Å². The zero-order chi connectivity index (χ0) is 24.8. The fraction of sp³-hybridized carbons (Fsp3) is 0.179. The normalized spacial score (nSPS) is 11.3. The Morgan fingerprint density at radius 1 is 0.857 bits per heavy atom. The molecule has 1 amide bonds. The summed E-state index contributed by atoms with van der Waals surface area (Å²) in [5.41, 5.74) is 2.77. The molecule has 0 aromatic heterocycles. The Labute approximate surface area is 206 Å². The number of carbonyl (C=O) groups is 1. The number of nitrogens with one attached hydrogen (secondary N) is 1. The molecule has 0 radical (unpaired) electrons. The predicted molar refractivity (Wildman–Crippen MR) is 140 cm³/mol. The highest BCUT2D eigenvalue weighted by molar-refractivity contribution is 7.92. The van der Waals surface area contributed by atoms with Gasteiger partial charge in [-0.05, 0) is 59.2 Å². The molecule has 35 heavy (non-hydrogen) atoms. The van der Waals surface area contributed by atoms with E-state index in [1.165, 1.54) is 10.6 Å². The van der Waals surface area contributed by atoms with Gasteiger partial charge in [-0.3, -0.25) is 9.10 Å². The van der Waals surface area contributed by atoms with Gasteiger partial charge in [0.15, 0.2) is 0 Å². The van der Waals surface area contributed by atoms with Gasteiger partial charge in [0.05, 0.1) is 25.1 Å². The van der Waals surface area contributed by atoms with Gasteiger partial charge in [0.1, 0.15) is 5.75 Å². The SMILES string of the molecule is CCOc1ccccc1N(Cc1ccc(C(=O)NCc2ccc3ccccc3c2)cc1)S(C)(=O)=O. The first-order valence-corrected chi connectivity index (χ1v) is 13.2. The van der Waals surface area contributed by atoms with E-state index in [9.17, 15) is 13.2 Å². The first-order valence-electron chi connectivity index (χ1n) is 11.4. The molecule has 0 bridgehead atoms. The molecule has 180 valence electrons. The van der Waals surface area contributed by atoms with Gasteiger partial charge in [0.2, 0.25) is 10.0 Å². The fourth-order valence-electron chi connectivity index (χ4n) is 3.88. The highest BCUT2D eigenvalue weighted by atomic mass is 32.2. The minimum atomic E-state index is -3.56. The highest BCUT2D eigenvalue weighted by Gasteiger charge is 2.21. The Balaban J connectivity index is 1.45. The number of ether oxygens (including phenoxy) is 1. The summed E-state index contributed by atoms with van der Waals surface area (Å²) in [5, 5.41) is 5.24. The number of hydrogen-bond donors (Lipinski definition) is 1. The summed E-state index contributed by atoms with van der Waals surface area (Å²) in [5.74, 6) is 0.316. The van der Waals surface area contributed by atoms with E-state index < -0.39 is 10.0 Å². The van der Waals surface area contributed by atoms with Crippen molar-refractivity contribution in [2.45, 2.75) is 20.0 Å². The molecule has 0 saturated carbocycles. The van der Waals surface area contributed by atoms with Crippen LogP contribution < -0.4 is 14.4 Å². The predicted octanol–water partition coefficient (Wildman–Crippen LogP) is 5.13. The summed E-state index contributed by atoms with van der Waals surface area (Å²) >= 11 is 0. The van der Waals surface area contributed by atoms with E-state index in [4.69, 9.17) is 4.74 Å². The van der Waals surface area contributed by atoms with Crippen LogP contribution in [0.5, 0.6) is 5.75 Å². The van der Waals surface area contributed by atoms with Gasteiger partial charge < -0.3 is 10.1 Å². The number of amides is 1. The topological polar surface area (TPSA) is 75.7 Å². The summed E-state index contributed by atoms with van der Waals surface area (Å²) in [4.78, 5) is 12.7. The zero-order valence-corrected chi connectivity index (χ0v) is 20.6. The number of rotatable bonds is 9. The van der Waals surface area contributed by atoms with E-state index in [0.29, 0.717) is 30.2 Å². The molecular weight excluding hydrogens is 460 g/mol. The number of sulfonamides is 1. The second kappa shape index (κ2) is 10.6. The summed E-state index contributed by atoms with van der Waals surface area (Å²) in [6.45, 7) is 2.83. The Morgan fingerprint density at radius 2 is 1.51 bits per heavy atom. The molecule has 4 aromatic rings. The molecule has 7 heteroatoms. The van der Waals surface area contributed by atoms with E-state index in [1.807, 2.05) is 37.3 Å². The van der Waals surface area contributed by atoms with Crippen LogP contribution in [0.2, 0.25) is 0 Å². The van der Waals surface area contributed by atoms with Crippen LogP contribution in [0.3, 0.4) is 0 Å². The number of benzene rings is 4. The van der Waals surface area contributed by atoms with Crippen molar-refractivity contribution in [3.63, 3.8) is 0 Å². The maximum absolute atomic E-state index is 12.7. The van der Waals surface area contributed by atoms with Gasteiger partial charge in [0.25, 0.3) is 5.91 Å². The standard InChI is InChI=1S/C28H28N2O4S/c1-3-34-27-11-7-6-10-26(27)30(35(2,32)33)20-21-12-16-24(17-13-21)28(31)29-19-22-14-15-23-8-4-5-9-25(23)18-22/h4-18H,3,19-20H2,1-2H3,(H,29,31). The van der Waals surface area contributed by atoms with Crippen LogP contribution in [0, 0.1) is 0 Å². The summed E-state index contributed by atoms with van der Waals surface area (Å²) in [6.07, 6.45) is 1.17. The highest BCUT2D eigenvalue weighted by Crippen LogP contribution is 2.31. The van der Waals surface area contributed by atoms with Crippen molar-refractivity contribution in [2.75, 3.05) is 17.2 Å². The second-order valence-corrected chi connectivity index (χ2v) is 10.1. The van der Waals surface area contributed by atoms with Crippen LogP contribution in [0.15, 0.2) is 91.0 Å². The average Bonchev–Trinajstić information content (AvgIpc) is 2.86. The summed E-state index contributed by atoms with van der Waals surface area (Å²) in [7, 11) is -3.56. The maximum atomic E-state index is 12.7. The third-order valence-corrected chi connectivity index (χ3v) is 6.77. The molecule has 6 nitrogen and oxygen atoms in total. The van der Waals surface area contributed by atoms with Crippen molar-refractivity contribution in [3.05, 3.63) is 108 Å². The van der Waals surface area contributed by atoms with E-state index in [2.05, 4.69) is 17.4 Å². The van der Waals surface area contributed by atoms with E-state index in [0.717, 1.165) is 21.9 Å². The van der Waals surface area contributed by atoms with Crippen molar-refractivity contribution in [1.82, 2.24) is 5.32 Å². The van der Waals surface area contributed by atoms with Gasteiger partial charge in [-0.2, -0.15) is 0 Å². The summed E-state index contributed by atoms with van der Waals surface area (Å²) < 4.78 is 32.1. The quantitative estimate of drug-likeness (QED) is 0.354. The lowest BCUT2D eigenvalue weighted by molar-refractivity contribution is 0.0951. The number of carbonyl (C=O) groups excluding carboxylic acids is 1. The minimum absolute atomic E-state index is 0.127. The summed E-state index contributed by atoms with van der Waals surface area (Å²) in [6, 6.07) is 28.2. The largest absolute Gasteiger partial charge is 0.492 e. The first kappa shape index (κ1) is 24.3. The second-order valence-electron chi connectivity index (χ2n) is 8.23. The van der Waals surface area contributed by atoms with Crippen molar-refractivity contribution < 1.29 is 17.9 Å². The molecule has 0 saturated heterocycles. The average molecular weight is 489 g/mol. The van der Waals surface area contributed by atoms with Crippen LogP contribution in [-0.4, -0.2) is 27.2 Å². The minimum Gasteiger partial charge on any atom is -0.492 e. The van der Waals surface area contributed by atoms with Crippen LogP contribution in [0.25, 0.3) is 10.8 Å². The van der Waals surface area contributed by atoms with Gasteiger partial charge in [0, 0.05) is 12.1 Å². The van der Waals surface area contributed by atoms with E-state index >= 15 is 0 Å². The molecular formula is C28H28N2O4S. The molecule has 1 N–H and O–H groups in total. The van der Waals surface area contributed by atoms with Crippen LogP contribution >= 0.6 is 0 Å². The Hall–Kier alpha value is -3.84. The van der Waals surface area contributed by atoms with Crippen molar-refractivity contribution >= 4 is 32.4 Å². The van der Waals surface area contributed by atoms with E-state index in [-0.39, 0.29) is 12.5 Å². The molecule has 0 fully saturated rings. The molecule has 0 spiro atoms. The molecule has 0 aliphatic heterocycles. The molecule has 0 aliphatic rings. The van der Waals surface area contributed by atoms with Gasteiger partial charge in [-0.15, -0.1) is 0 Å². The molecule has 4 aromatic carbocycles. The third kappa shape index (κ3) is 6.00. The lowest BCUT2D eigenvalue weighted by Crippen LogP contribution is -2.29. The number of anilines is 1. The van der Waals surface area contributed by atoms with Crippen molar-refractivity contribution in [1.29, 1.82) is 0 Å².